The molecule has 0 aliphatic carbocycles. The summed E-state index contributed by atoms with van der Waals surface area (Å²) in [5.41, 5.74) is 10.4. The maximum atomic E-state index is 5.60. The van der Waals surface area contributed by atoms with Gasteiger partial charge in [0.05, 0.1) is 0 Å². The van der Waals surface area contributed by atoms with Crippen molar-refractivity contribution in [3.8, 4) is 0 Å². The molecule has 0 radical (unpaired) electrons. The average Bonchev–Trinajstić information content (AvgIpc) is 2.39. The SMILES string of the molecule is Cc1cccc(CN(C)Cc2ccc(C(N)=S)cc2)c1. The topological polar surface area (TPSA) is 29.3 Å². The number of benzene rings is 2. The highest BCUT2D eigenvalue weighted by Gasteiger charge is 2.03. The first-order valence-corrected chi connectivity index (χ1v) is 7.08. The Kier molecular flexibility index (Phi) is 4.88. The highest BCUT2D eigenvalue weighted by Crippen LogP contribution is 2.11. The summed E-state index contributed by atoms with van der Waals surface area (Å²) in [6, 6.07) is 16.8. The summed E-state index contributed by atoms with van der Waals surface area (Å²) in [5, 5.41) is 0. The number of thiocarbonyl (C=S) groups is 1. The third kappa shape index (κ3) is 4.15. The Balaban J connectivity index is 1.97. The predicted molar refractivity (Wildman–Crippen MR) is 88.7 cm³/mol. The van der Waals surface area contributed by atoms with E-state index in [1.54, 1.807) is 0 Å². The molecule has 2 rings (SSSR count). The fourth-order valence-corrected chi connectivity index (χ4v) is 2.40. The number of hydrogen-bond acceptors (Lipinski definition) is 2. The lowest BCUT2D eigenvalue weighted by Gasteiger charge is -2.17. The minimum Gasteiger partial charge on any atom is -0.389 e. The van der Waals surface area contributed by atoms with Crippen molar-refractivity contribution in [1.29, 1.82) is 0 Å². The average molecular weight is 284 g/mol. The molecule has 0 saturated heterocycles. The Morgan fingerprint density at radius 1 is 1.05 bits per heavy atom. The Morgan fingerprint density at radius 2 is 1.70 bits per heavy atom. The number of hydrogen-bond donors (Lipinski definition) is 1. The van der Waals surface area contributed by atoms with Crippen molar-refractivity contribution in [2.75, 3.05) is 7.05 Å². The van der Waals surface area contributed by atoms with Crippen LogP contribution in [0.4, 0.5) is 0 Å². The minimum atomic E-state index is 0.449. The lowest BCUT2D eigenvalue weighted by molar-refractivity contribution is 0.319. The van der Waals surface area contributed by atoms with E-state index in [2.05, 4.69) is 55.3 Å². The molecule has 0 aliphatic rings. The first-order valence-electron chi connectivity index (χ1n) is 6.67. The van der Waals surface area contributed by atoms with Crippen LogP contribution in [0.3, 0.4) is 0 Å². The summed E-state index contributed by atoms with van der Waals surface area (Å²) < 4.78 is 0. The lowest BCUT2D eigenvalue weighted by atomic mass is 10.1. The molecule has 2 N–H and O–H groups in total. The van der Waals surface area contributed by atoms with Gasteiger partial charge in [0.2, 0.25) is 0 Å². The van der Waals surface area contributed by atoms with E-state index in [-0.39, 0.29) is 0 Å². The normalized spacial score (nSPS) is 10.8. The highest BCUT2D eigenvalue weighted by molar-refractivity contribution is 7.80. The summed E-state index contributed by atoms with van der Waals surface area (Å²) in [7, 11) is 2.13. The summed E-state index contributed by atoms with van der Waals surface area (Å²) in [4.78, 5) is 2.74. The third-order valence-electron chi connectivity index (χ3n) is 3.23. The van der Waals surface area contributed by atoms with E-state index in [1.807, 2.05) is 12.1 Å². The van der Waals surface area contributed by atoms with Gasteiger partial charge in [-0.15, -0.1) is 0 Å². The van der Waals surface area contributed by atoms with Gasteiger partial charge in [-0.1, -0.05) is 66.3 Å². The van der Waals surface area contributed by atoms with Crippen molar-refractivity contribution in [2.24, 2.45) is 5.73 Å². The largest absolute Gasteiger partial charge is 0.389 e. The van der Waals surface area contributed by atoms with Crippen LogP contribution >= 0.6 is 12.2 Å². The van der Waals surface area contributed by atoms with E-state index >= 15 is 0 Å². The Labute approximate surface area is 126 Å². The van der Waals surface area contributed by atoms with Crippen molar-refractivity contribution >= 4 is 17.2 Å². The van der Waals surface area contributed by atoms with Gasteiger partial charge in [0.25, 0.3) is 0 Å². The van der Waals surface area contributed by atoms with Crippen LogP contribution in [0.25, 0.3) is 0 Å². The zero-order valence-electron chi connectivity index (χ0n) is 12.0. The minimum absolute atomic E-state index is 0.449. The van der Waals surface area contributed by atoms with Gasteiger partial charge >= 0.3 is 0 Å². The first kappa shape index (κ1) is 14.7. The van der Waals surface area contributed by atoms with Gasteiger partial charge in [0, 0.05) is 18.7 Å². The van der Waals surface area contributed by atoms with Gasteiger partial charge < -0.3 is 5.73 Å². The second kappa shape index (κ2) is 6.64. The van der Waals surface area contributed by atoms with Gasteiger partial charge in [0.15, 0.2) is 0 Å². The van der Waals surface area contributed by atoms with Crippen LogP contribution < -0.4 is 5.73 Å². The van der Waals surface area contributed by atoms with Crippen molar-refractivity contribution < 1.29 is 0 Å². The van der Waals surface area contributed by atoms with Crippen LogP contribution in [0.15, 0.2) is 48.5 Å². The molecule has 0 heterocycles. The van der Waals surface area contributed by atoms with Crippen LogP contribution in [0.1, 0.15) is 22.3 Å². The summed E-state index contributed by atoms with van der Waals surface area (Å²) in [6.45, 7) is 3.97. The second-order valence-electron chi connectivity index (χ2n) is 5.22. The van der Waals surface area contributed by atoms with Crippen molar-refractivity contribution in [3.05, 3.63) is 70.8 Å². The first-order chi connectivity index (χ1) is 9.54. The van der Waals surface area contributed by atoms with Crippen LogP contribution in [0, 0.1) is 6.92 Å². The van der Waals surface area contributed by atoms with Gasteiger partial charge in [0.1, 0.15) is 4.99 Å². The summed E-state index contributed by atoms with van der Waals surface area (Å²) in [6.07, 6.45) is 0. The second-order valence-corrected chi connectivity index (χ2v) is 5.66. The molecule has 0 aliphatic heterocycles. The van der Waals surface area contributed by atoms with E-state index < -0.39 is 0 Å². The molecule has 0 spiro atoms. The van der Waals surface area contributed by atoms with Crippen LogP contribution in [-0.4, -0.2) is 16.9 Å². The summed E-state index contributed by atoms with van der Waals surface area (Å²) in [5.74, 6) is 0. The lowest BCUT2D eigenvalue weighted by Crippen LogP contribution is -2.17. The fourth-order valence-electron chi connectivity index (χ4n) is 2.26. The molecule has 2 aromatic rings. The molecule has 0 bridgehead atoms. The molecule has 0 aromatic heterocycles. The standard InChI is InChI=1S/C17H20N2S/c1-13-4-3-5-15(10-13)12-19(2)11-14-6-8-16(9-7-14)17(18)20/h3-10H,11-12H2,1-2H3,(H2,18,20). The number of rotatable bonds is 5. The molecule has 3 heteroatoms. The number of nitrogens with zero attached hydrogens (tertiary/aromatic N) is 1. The van der Waals surface area contributed by atoms with E-state index in [4.69, 9.17) is 18.0 Å². The van der Waals surface area contributed by atoms with Crippen LogP contribution in [-0.2, 0) is 13.1 Å². The molecule has 0 fully saturated rings. The van der Waals surface area contributed by atoms with Gasteiger partial charge in [-0.25, -0.2) is 0 Å². The molecular weight excluding hydrogens is 264 g/mol. The van der Waals surface area contributed by atoms with Crippen LogP contribution in [0.2, 0.25) is 0 Å². The van der Waals surface area contributed by atoms with Gasteiger partial charge in [-0.3, -0.25) is 4.90 Å². The fraction of sp³-hybridized carbons (Fsp3) is 0.235. The van der Waals surface area contributed by atoms with E-state index in [9.17, 15) is 0 Å². The molecule has 2 aromatic carbocycles. The molecule has 0 saturated carbocycles. The Morgan fingerprint density at radius 3 is 2.30 bits per heavy atom. The third-order valence-corrected chi connectivity index (χ3v) is 3.46. The molecule has 2 nitrogen and oxygen atoms in total. The van der Waals surface area contributed by atoms with Crippen molar-refractivity contribution in [2.45, 2.75) is 20.0 Å². The molecule has 20 heavy (non-hydrogen) atoms. The Hall–Kier alpha value is -1.71. The highest BCUT2D eigenvalue weighted by atomic mass is 32.1. The zero-order valence-corrected chi connectivity index (χ0v) is 12.8. The summed E-state index contributed by atoms with van der Waals surface area (Å²) >= 11 is 4.96. The van der Waals surface area contributed by atoms with E-state index in [0.29, 0.717) is 4.99 Å². The molecule has 0 amide bonds. The number of aryl methyl sites for hydroxylation is 1. The molecule has 0 atom stereocenters. The smallest absolute Gasteiger partial charge is 0.103 e. The van der Waals surface area contributed by atoms with Crippen molar-refractivity contribution in [1.82, 2.24) is 4.90 Å². The molecule has 0 unspecified atom stereocenters. The monoisotopic (exact) mass is 284 g/mol. The predicted octanol–water partition coefficient (Wildman–Crippen LogP) is 3.26. The Bertz CT molecular complexity index is 590. The molecular formula is C17H20N2S. The molecule has 104 valence electrons. The van der Waals surface area contributed by atoms with Gasteiger partial charge in [-0.05, 0) is 25.1 Å². The van der Waals surface area contributed by atoms with Gasteiger partial charge in [-0.2, -0.15) is 0 Å². The van der Waals surface area contributed by atoms with E-state index in [1.165, 1.54) is 16.7 Å². The quantitative estimate of drug-likeness (QED) is 0.855. The maximum Gasteiger partial charge on any atom is 0.103 e. The zero-order chi connectivity index (χ0) is 14.5. The number of nitrogens with two attached hydrogens (primary N) is 1. The maximum absolute atomic E-state index is 5.60. The van der Waals surface area contributed by atoms with Crippen LogP contribution in [0.5, 0.6) is 0 Å². The van der Waals surface area contributed by atoms with Crippen molar-refractivity contribution in [3.63, 3.8) is 0 Å². The van der Waals surface area contributed by atoms with E-state index in [0.717, 1.165) is 18.7 Å².